The average Bonchev–Trinajstić information content (AvgIpc) is 3.28. The van der Waals surface area contributed by atoms with Gasteiger partial charge >= 0.3 is 5.97 Å². The third-order valence-corrected chi connectivity index (χ3v) is 6.17. The van der Waals surface area contributed by atoms with E-state index in [4.69, 9.17) is 18.6 Å². The highest BCUT2D eigenvalue weighted by Crippen LogP contribution is 2.44. The zero-order valence-electron chi connectivity index (χ0n) is 23.9. The van der Waals surface area contributed by atoms with Crippen molar-refractivity contribution in [1.82, 2.24) is 14.9 Å². The summed E-state index contributed by atoms with van der Waals surface area (Å²) >= 11 is 0. The highest BCUT2D eigenvalue weighted by atomic mass is 19.1. The molecule has 0 radical (unpaired) electrons. The van der Waals surface area contributed by atoms with Gasteiger partial charge in [0.05, 0.1) is 12.7 Å². The van der Waals surface area contributed by atoms with Crippen molar-refractivity contribution >= 4 is 17.1 Å². The topological polar surface area (TPSA) is 86.9 Å². The second kappa shape index (κ2) is 12.5. The van der Waals surface area contributed by atoms with Gasteiger partial charge in [-0.1, -0.05) is 24.3 Å². The maximum absolute atomic E-state index is 14.9. The third kappa shape index (κ3) is 7.15. The molecule has 0 aliphatic rings. The van der Waals surface area contributed by atoms with Gasteiger partial charge in [0.2, 0.25) is 11.6 Å². The van der Waals surface area contributed by atoms with Crippen LogP contribution in [0.1, 0.15) is 40.5 Å². The lowest BCUT2D eigenvalue weighted by atomic mass is 9.99. The molecule has 0 amide bonds. The monoisotopic (exact) mass is 549 g/mol. The smallest absolute Gasteiger partial charge is 0.306 e. The predicted octanol–water partition coefficient (Wildman–Crippen LogP) is 6.53. The number of halogens is 1. The van der Waals surface area contributed by atoms with E-state index in [0.717, 1.165) is 5.56 Å². The molecule has 0 N–H and O–H groups in total. The van der Waals surface area contributed by atoms with Crippen molar-refractivity contribution in [2.75, 3.05) is 27.2 Å². The lowest BCUT2D eigenvalue weighted by Crippen LogP contribution is -2.32. The van der Waals surface area contributed by atoms with Gasteiger partial charge in [0.15, 0.2) is 0 Å². The van der Waals surface area contributed by atoms with Gasteiger partial charge in [-0.2, -0.15) is 0 Å². The molecule has 2 aromatic carbocycles. The Hall–Kier alpha value is -3.98. The fraction of sp³-hybridized carbons (Fsp3) is 0.387. The van der Waals surface area contributed by atoms with Crippen LogP contribution in [-0.2, 0) is 9.53 Å². The summed E-state index contributed by atoms with van der Waals surface area (Å²) in [6.07, 6.45) is 2.15. The number of carbonyl (C=O) groups is 1. The molecule has 8 nitrogen and oxygen atoms in total. The summed E-state index contributed by atoms with van der Waals surface area (Å²) < 4.78 is 38.1. The molecule has 0 saturated heterocycles. The van der Waals surface area contributed by atoms with Gasteiger partial charge in [-0.3, -0.25) is 4.79 Å². The number of fused-ring (bicyclic) bond motifs is 1. The van der Waals surface area contributed by atoms with E-state index in [1.165, 1.54) is 12.4 Å². The number of benzene rings is 2. The van der Waals surface area contributed by atoms with Crippen molar-refractivity contribution in [3.05, 3.63) is 60.7 Å². The summed E-state index contributed by atoms with van der Waals surface area (Å²) in [4.78, 5) is 22.9. The van der Waals surface area contributed by atoms with Gasteiger partial charge in [0.25, 0.3) is 0 Å². The molecule has 2 heterocycles. The molecule has 0 aliphatic carbocycles. The molecule has 212 valence electrons. The zero-order chi connectivity index (χ0) is 28.9. The second-order valence-corrected chi connectivity index (χ2v) is 10.8. The van der Waals surface area contributed by atoms with Crippen LogP contribution in [0.3, 0.4) is 0 Å². The standard InChI is InChI=1S/C31H36FN3O5/c1-20(18-35(5)17-9-12-25(36)40-31(2,3)4)38-29-27-26(21-13-15-22(37-6)16-14-21)28(39-30(27)34-19-33-29)23-10-7-8-11-24(23)32/h7-8,10-11,13-16,19-20H,9,12,17-18H2,1-6H3/t20-/m0/s1. The first-order valence-electron chi connectivity index (χ1n) is 13.3. The van der Waals surface area contributed by atoms with E-state index in [2.05, 4.69) is 14.9 Å². The van der Waals surface area contributed by atoms with Crippen LogP contribution in [0.5, 0.6) is 11.6 Å². The molecule has 0 unspecified atom stereocenters. The average molecular weight is 550 g/mol. The number of carbonyl (C=O) groups excluding carboxylic acids is 1. The fourth-order valence-corrected chi connectivity index (χ4v) is 4.51. The number of methoxy groups -OCH3 is 1. The molecule has 0 spiro atoms. The summed E-state index contributed by atoms with van der Waals surface area (Å²) in [6.45, 7) is 8.82. The van der Waals surface area contributed by atoms with E-state index in [9.17, 15) is 9.18 Å². The minimum atomic E-state index is -0.488. The maximum Gasteiger partial charge on any atom is 0.306 e. The van der Waals surface area contributed by atoms with Crippen LogP contribution in [0.25, 0.3) is 33.6 Å². The van der Waals surface area contributed by atoms with E-state index in [1.807, 2.05) is 59.0 Å². The van der Waals surface area contributed by atoms with Crippen molar-refractivity contribution in [3.63, 3.8) is 0 Å². The van der Waals surface area contributed by atoms with Gasteiger partial charge in [-0.05, 0) is 77.5 Å². The normalized spacial score (nSPS) is 12.5. The summed E-state index contributed by atoms with van der Waals surface area (Å²) in [5.74, 6) is 0.769. The van der Waals surface area contributed by atoms with Gasteiger partial charge < -0.3 is 23.5 Å². The van der Waals surface area contributed by atoms with Crippen LogP contribution in [0, 0.1) is 5.82 Å². The molecule has 0 fully saturated rings. The second-order valence-electron chi connectivity index (χ2n) is 10.8. The van der Waals surface area contributed by atoms with Crippen LogP contribution in [0.15, 0.2) is 59.3 Å². The van der Waals surface area contributed by atoms with Crippen LogP contribution in [-0.4, -0.2) is 59.8 Å². The number of rotatable bonds is 11. The van der Waals surface area contributed by atoms with E-state index in [-0.39, 0.29) is 12.1 Å². The molecule has 0 aliphatic heterocycles. The summed E-state index contributed by atoms with van der Waals surface area (Å²) in [7, 11) is 3.57. The lowest BCUT2D eigenvalue weighted by molar-refractivity contribution is -0.154. The number of likely N-dealkylation sites (N-methyl/N-ethyl adjacent to an activating group) is 1. The number of nitrogens with zero attached hydrogens (tertiary/aromatic N) is 3. The van der Waals surface area contributed by atoms with E-state index in [1.54, 1.807) is 25.3 Å². The van der Waals surface area contributed by atoms with Crippen LogP contribution < -0.4 is 9.47 Å². The Bertz CT molecular complexity index is 1450. The molecule has 9 heteroatoms. The van der Waals surface area contributed by atoms with Gasteiger partial charge in [0, 0.05) is 18.5 Å². The Labute approximate surface area is 234 Å². The molecule has 1 atom stereocenters. The summed E-state index contributed by atoms with van der Waals surface area (Å²) in [5, 5.41) is 0.561. The van der Waals surface area contributed by atoms with Crippen molar-refractivity contribution in [2.45, 2.75) is 52.2 Å². The fourth-order valence-electron chi connectivity index (χ4n) is 4.51. The highest BCUT2D eigenvalue weighted by Gasteiger charge is 2.25. The first kappa shape index (κ1) is 29.0. The van der Waals surface area contributed by atoms with E-state index < -0.39 is 11.4 Å². The maximum atomic E-state index is 14.9. The predicted molar refractivity (Wildman–Crippen MR) is 152 cm³/mol. The summed E-state index contributed by atoms with van der Waals surface area (Å²) in [6, 6.07) is 13.9. The SMILES string of the molecule is COc1ccc(-c2c(-c3ccccc3F)oc3ncnc(O[C@@H](C)CN(C)CCCC(=O)OC(C)(C)C)c23)cc1. The number of ether oxygens (including phenoxy) is 3. The van der Waals surface area contributed by atoms with E-state index in [0.29, 0.717) is 65.5 Å². The van der Waals surface area contributed by atoms with Crippen LogP contribution >= 0.6 is 0 Å². The number of aromatic nitrogens is 2. The molecule has 4 rings (SSSR count). The minimum Gasteiger partial charge on any atom is -0.497 e. The van der Waals surface area contributed by atoms with Crippen molar-refractivity contribution in [2.24, 2.45) is 0 Å². The molecular formula is C31H36FN3O5. The molecule has 0 bridgehead atoms. The Morgan fingerprint density at radius 1 is 1.10 bits per heavy atom. The number of furan rings is 1. The lowest BCUT2D eigenvalue weighted by Gasteiger charge is -2.23. The largest absolute Gasteiger partial charge is 0.497 e. The molecule has 4 aromatic rings. The Morgan fingerprint density at radius 2 is 1.82 bits per heavy atom. The Morgan fingerprint density at radius 3 is 2.50 bits per heavy atom. The molecule has 0 saturated carbocycles. The Balaban J connectivity index is 1.58. The first-order chi connectivity index (χ1) is 19.1. The number of hydrogen-bond donors (Lipinski definition) is 0. The zero-order valence-corrected chi connectivity index (χ0v) is 23.9. The van der Waals surface area contributed by atoms with Crippen molar-refractivity contribution in [3.8, 4) is 34.1 Å². The third-order valence-electron chi connectivity index (χ3n) is 6.17. The number of esters is 1. The van der Waals surface area contributed by atoms with Crippen LogP contribution in [0.4, 0.5) is 4.39 Å². The van der Waals surface area contributed by atoms with Crippen LogP contribution in [0.2, 0.25) is 0 Å². The minimum absolute atomic E-state index is 0.203. The molecule has 40 heavy (non-hydrogen) atoms. The van der Waals surface area contributed by atoms with Crippen molar-refractivity contribution in [1.29, 1.82) is 0 Å². The quantitative estimate of drug-likeness (QED) is 0.195. The van der Waals surface area contributed by atoms with Gasteiger partial charge in [0.1, 0.15) is 40.7 Å². The van der Waals surface area contributed by atoms with Gasteiger partial charge in [-0.15, -0.1) is 0 Å². The van der Waals surface area contributed by atoms with Gasteiger partial charge in [-0.25, -0.2) is 14.4 Å². The Kier molecular flexibility index (Phi) is 9.04. The number of hydrogen-bond acceptors (Lipinski definition) is 8. The highest BCUT2D eigenvalue weighted by molar-refractivity contribution is 6.03. The van der Waals surface area contributed by atoms with Crippen molar-refractivity contribution < 1.29 is 27.8 Å². The first-order valence-corrected chi connectivity index (χ1v) is 13.3. The molecular weight excluding hydrogens is 513 g/mol. The van der Waals surface area contributed by atoms with E-state index >= 15 is 0 Å². The molecule has 2 aromatic heterocycles. The summed E-state index contributed by atoms with van der Waals surface area (Å²) in [5.41, 5.74) is 1.54.